The third-order valence-corrected chi connectivity index (χ3v) is 4.23. The predicted molar refractivity (Wildman–Crippen MR) is 69.8 cm³/mol. The minimum Gasteiger partial charge on any atom is -0.338 e. The largest absolute Gasteiger partial charge is 0.338 e. The van der Waals surface area contributed by atoms with E-state index in [9.17, 15) is 4.79 Å². The zero-order valence-corrected chi connectivity index (χ0v) is 11.2. The molecule has 1 saturated heterocycles. The molecule has 3 heteroatoms. The van der Waals surface area contributed by atoms with E-state index in [2.05, 4.69) is 24.1 Å². The van der Waals surface area contributed by atoms with Crippen molar-refractivity contribution in [2.75, 3.05) is 13.1 Å². The molecule has 0 unspecified atom stereocenters. The molecule has 0 bridgehead atoms. The lowest BCUT2D eigenvalue weighted by molar-refractivity contribution is -0.136. The van der Waals surface area contributed by atoms with Gasteiger partial charge in [0.05, 0.1) is 6.54 Å². The molecule has 3 nitrogen and oxygen atoms in total. The molecule has 0 aromatic rings. The van der Waals surface area contributed by atoms with Crippen LogP contribution >= 0.6 is 0 Å². The Morgan fingerprint density at radius 3 is 2.71 bits per heavy atom. The molecule has 0 radical (unpaired) electrons. The van der Waals surface area contributed by atoms with Crippen molar-refractivity contribution in [3.8, 4) is 0 Å². The fourth-order valence-electron chi connectivity index (χ4n) is 3.33. The molecule has 1 amide bonds. The van der Waals surface area contributed by atoms with Gasteiger partial charge in [0.15, 0.2) is 0 Å². The highest BCUT2D eigenvalue weighted by atomic mass is 16.2. The number of hydrogen-bond acceptors (Lipinski definition) is 2. The van der Waals surface area contributed by atoms with Gasteiger partial charge in [0.25, 0.3) is 0 Å². The highest BCUT2D eigenvalue weighted by molar-refractivity contribution is 5.78. The maximum Gasteiger partial charge on any atom is 0.236 e. The van der Waals surface area contributed by atoms with Crippen molar-refractivity contribution >= 4 is 5.91 Å². The fourth-order valence-corrected chi connectivity index (χ4v) is 3.33. The molecule has 0 spiro atoms. The Kier molecular flexibility index (Phi) is 4.43. The second kappa shape index (κ2) is 5.85. The van der Waals surface area contributed by atoms with E-state index in [0.717, 1.165) is 12.5 Å². The number of nitrogens with one attached hydrogen (secondary N) is 1. The lowest BCUT2D eigenvalue weighted by Crippen LogP contribution is -2.52. The van der Waals surface area contributed by atoms with Crippen LogP contribution in [0, 0.1) is 5.92 Å². The number of amides is 1. The van der Waals surface area contributed by atoms with Crippen LogP contribution in [0.3, 0.4) is 0 Å². The number of nitrogens with zero attached hydrogens (tertiary/aromatic N) is 1. The van der Waals surface area contributed by atoms with Crippen LogP contribution in [0.4, 0.5) is 0 Å². The Hall–Kier alpha value is -0.570. The van der Waals surface area contributed by atoms with Crippen LogP contribution in [0.25, 0.3) is 0 Å². The molecule has 2 aliphatic rings. The number of likely N-dealkylation sites (tertiary alicyclic amines) is 1. The molecular formula is C14H26N2O. The summed E-state index contributed by atoms with van der Waals surface area (Å²) >= 11 is 0. The van der Waals surface area contributed by atoms with E-state index in [-0.39, 0.29) is 0 Å². The Morgan fingerprint density at radius 2 is 1.94 bits per heavy atom. The number of rotatable bonds is 3. The van der Waals surface area contributed by atoms with Crippen LogP contribution < -0.4 is 5.32 Å². The molecule has 1 saturated carbocycles. The molecule has 2 fully saturated rings. The van der Waals surface area contributed by atoms with Crippen LogP contribution in [-0.4, -0.2) is 36.0 Å². The second-order valence-corrected chi connectivity index (χ2v) is 5.88. The fraction of sp³-hybridized carbons (Fsp3) is 0.929. The minimum atomic E-state index is 0.315. The van der Waals surface area contributed by atoms with Gasteiger partial charge >= 0.3 is 0 Å². The minimum absolute atomic E-state index is 0.315. The molecule has 17 heavy (non-hydrogen) atoms. The molecule has 1 aliphatic heterocycles. The van der Waals surface area contributed by atoms with Gasteiger partial charge in [0, 0.05) is 18.6 Å². The topological polar surface area (TPSA) is 32.3 Å². The summed E-state index contributed by atoms with van der Waals surface area (Å²) in [6, 6.07) is 0.949. The van der Waals surface area contributed by atoms with Crippen molar-refractivity contribution < 1.29 is 4.79 Å². The highest BCUT2D eigenvalue weighted by Gasteiger charge is 2.35. The van der Waals surface area contributed by atoms with Crippen molar-refractivity contribution in [1.29, 1.82) is 0 Å². The van der Waals surface area contributed by atoms with Crippen molar-refractivity contribution in [3.63, 3.8) is 0 Å². The first kappa shape index (κ1) is 12.9. The second-order valence-electron chi connectivity index (χ2n) is 5.88. The summed E-state index contributed by atoms with van der Waals surface area (Å²) in [5, 5.41) is 3.25. The average molecular weight is 238 g/mol. The summed E-state index contributed by atoms with van der Waals surface area (Å²) < 4.78 is 0. The van der Waals surface area contributed by atoms with Crippen LogP contribution in [0.15, 0.2) is 0 Å². The number of carbonyl (C=O) groups is 1. The van der Waals surface area contributed by atoms with Gasteiger partial charge in [0.1, 0.15) is 0 Å². The van der Waals surface area contributed by atoms with Gasteiger partial charge in [-0.05, 0) is 31.6 Å². The van der Waals surface area contributed by atoms with Crippen LogP contribution in [0.1, 0.15) is 52.4 Å². The Morgan fingerprint density at radius 1 is 1.24 bits per heavy atom. The van der Waals surface area contributed by atoms with Crippen molar-refractivity contribution in [3.05, 3.63) is 0 Å². The van der Waals surface area contributed by atoms with Gasteiger partial charge in [-0.3, -0.25) is 4.79 Å². The SMILES string of the molecule is CC(C)NCC(=O)N1CCC[C@H]2CCCC[C@H]21. The summed E-state index contributed by atoms with van der Waals surface area (Å²) in [5.41, 5.74) is 0. The molecule has 1 N–H and O–H groups in total. The lowest BCUT2D eigenvalue weighted by atomic mass is 9.78. The average Bonchev–Trinajstić information content (AvgIpc) is 2.35. The van der Waals surface area contributed by atoms with E-state index in [0.29, 0.717) is 24.5 Å². The van der Waals surface area contributed by atoms with E-state index in [1.54, 1.807) is 0 Å². The predicted octanol–water partition coefficient (Wildman–Crippen LogP) is 2.17. The molecular weight excluding hydrogens is 212 g/mol. The summed E-state index contributed by atoms with van der Waals surface area (Å²) in [4.78, 5) is 14.4. The standard InChI is InChI=1S/C14H26N2O/c1-11(2)15-10-14(17)16-9-5-7-12-6-3-4-8-13(12)16/h11-13,15H,3-10H2,1-2H3/t12-,13-/m1/s1. The van der Waals surface area contributed by atoms with Gasteiger partial charge in [0.2, 0.25) is 5.91 Å². The van der Waals surface area contributed by atoms with Gasteiger partial charge in [-0.1, -0.05) is 26.7 Å². The molecule has 1 heterocycles. The Balaban J connectivity index is 1.91. The summed E-state index contributed by atoms with van der Waals surface area (Å²) in [7, 11) is 0. The van der Waals surface area contributed by atoms with E-state index in [1.165, 1.54) is 38.5 Å². The zero-order chi connectivity index (χ0) is 12.3. The number of carbonyl (C=O) groups excluding carboxylic acids is 1. The number of piperidine rings is 1. The van der Waals surface area contributed by atoms with Gasteiger partial charge in [-0.25, -0.2) is 0 Å². The Bertz CT molecular complexity index is 263. The first-order valence-corrected chi connectivity index (χ1v) is 7.21. The third kappa shape index (κ3) is 3.21. The van der Waals surface area contributed by atoms with Crippen LogP contribution in [-0.2, 0) is 4.79 Å². The van der Waals surface area contributed by atoms with Crippen molar-refractivity contribution in [2.45, 2.75) is 64.5 Å². The monoisotopic (exact) mass is 238 g/mol. The Labute approximate surface area is 105 Å². The lowest BCUT2D eigenvalue weighted by Gasteiger charge is -2.44. The third-order valence-electron chi connectivity index (χ3n) is 4.23. The normalized spacial score (nSPS) is 29.2. The molecule has 98 valence electrons. The molecule has 0 aromatic heterocycles. The quantitative estimate of drug-likeness (QED) is 0.817. The van der Waals surface area contributed by atoms with Crippen LogP contribution in [0.5, 0.6) is 0 Å². The molecule has 2 rings (SSSR count). The highest BCUT2D eigenvalue weighted by Crippen LogP contribution is 2.35. The van der Waals surface area contributed by atoms with Gasteiger partial charge < -0.3 is 10.2 Å². The maximum atomic E-state index is 12.2. The van der Waals surface area contributed by atoms with Crippen molar-refractivity contribution in [2.24, 2.45) is 5.92 Å². The zero-order valence-electron chi connectivity index (χ0n) is 11.2. The first-order valence-electron chi connectivity index (χ1n) is 7.21. The van der Waals surface area contributed by atoms with E-state index >= 15 is 0 Å². The molecule has 0 aromatic carbocycles. The molecule has 1 aliphatic carbocycles. The smallest absolute Gasteiger partial charge is 0.236 e. The number of fused-ring (bicyclic) bond motifs is 1. The van der Waals surface area contributed by atoms with E-state index in [1.807, 2.05) is 0 Å². The van der Waals surface area contributed by atoms with Crippen molar-refractivity contribution in [1.82, 2.24) is 10.2 Å². The van der Waals surface area contributed by atoms with Crippen LogP contribution in [0.2, 0.25) is 0 Å². The first-order chi connectivity index (χ1) is 8.18. The maximum absolute atomic E-state index is 12.2. The van der Waals surface area contributed by atoms with Gasteiger partial charge in [-0.2, -0.15) is 0 Å². The summed E-state index contributed by atoms with van der Waals surface area (Å²) in [6.07, 6.45) is 7.79. The summed E-state index contributed by atoms with van der Waals surface area (Å²) in [5.74, 6) is 1.11. The van der Waals surface area contributed by atoms with Gasteiger partial charge in [-0.15, -0.1) is 0 Å². The van der Waals surface area contributed by atoms with E-state index < -0.39 is 0 Å². The number of hydrogen-bond donors (Lipinski definition) is 1. The summed E-state index contributed by atoms with van der Waals surface area (Å²) in [6.45, 7) is 5.68. The van der Waals surface area contributed by atoms with E-state index in [4.69, 9.17) is 0 Å². The molecule has 2 atom stereocenters.